The summed E-state index contributed by atoms with van der Waals surface area (Å²) in [6.45, 7) is 4.93. The van der Waals surface area contributed by atoms with Crippen LogP contribution in [0.3, 0.4) is 0 Å². The van der Waals surface area contributed by atoms with Crippen molar-refractivity contribution in [2.75, 3.05) is 13.1 Å². The third kappa shape index (κ3) is 2.60. The van der Waals surface area contributed by atoms with Gasteiger partial charge >= 0.3 is 5.97 Å². The Labute approximate surface area is 111 Å². The molecular weight excluding hydrogens is 254 g/mol. The molecule has 0 aromatic heterocycles. The number of carboxylic acids is 1. The number of ether oxygens (including phenoxy) is 1. The molecule has 1 aliphatic heterocycles. The molecule has 1 aromatic rings. The van der Waals surface area contributed by atoms with Crippen molar-refractivity contribution >= 4 is 17.6 Å². The molecule has 0 radical (unpaired) electrons. The summed E-state index contributed by atoms with van der Waals surface area (Å²) in [7, 11) is 0. The molecular formula is C13H16ClNO3. The first-order valence-corrected chi connectivity index (χ1v) is 6.18. The van der Waals surface area contributed by atoms with Gasteiger partial charge in [-0.2, -0.15) is 0 Å². The number of aryl methyl sites for hydroxylation is 2. The van der Waals surface area contributed by atoms with Gasteiger partial charge in [0.15, 0.2) is 0 Å². The molecule has 0 atom stereocenters. The highest BCUT2D eigenvalue weighted by Crippen LogP contribution is 2.30. The normalized spacial score (nSPS) is 17.1. The van der Waals surface area contributed by atoms with Crippen molar-refractivity contribution < 1.29 is 14.6 Å². The number of hydrogen-bond acceptors (Lipinski definition) is 3. The number of aliphatic carboxylic acids is 1. The lowest BCUT2D eigenvalue weighted by Gasteiger charge is -2.41. The van der Waals surface area contributed by atoms with Gasteiger partial charge in [0.05, 0.1) is 6.42 Å². The van der Waals surface area contributed by atoms with E-state index < -0.39 is 11.6 Å². The third-order valence-corrected chi connectivity index (χ3v) is 3.71. The number of halogens is 1. The van der Waals surface area contributed by atoms with Gasteiger partial charge in [0.1, 0.15) is 11.4 Å². The molecule has 1 fully saturated rings. The van der Waals surface area contributed by atoms with Crippen LogP contribution in [0.25, 0.3) is 0 Å². The molecule has 18 heavy (non-hydrogen) atoms. The summed E-state index contributed by atoms with van der Waals surface area (Å²) in [4.78, 5) is 10.9. The van der Waals surface area contributed by atoms with Gasteiger partial charge < -0.3 is 15.2 Å². The van der Waals surface area contributed by atoms with Crippen molar-refractivity contribution in [3.8, 4) is 5.75 Å². The van der Waals surface area contributed by atoms with Crippen molar-refractivity contribution in [1.29, 1.82) is 0 Å². The Morgan fingerprint density at radius 3 is 2.39 bits per heavy atom. The molecule has 1 aliphatic rings. The zero-order chi connectivity index (χ0) is 13.3. The molecule has 1 saturated heterocycles. The maximum atomic E-state index is 10.9. The van der Waals surface area contributed by atoms with Crippen LogP contribution in [0.4, 0.5) is 0 Å². The molecule has 4 nitrogen and oxygen atoms in total. The Kier molecular flexibility index (Phi) is 3.50. The second kappa shape index (κ2) is 4.78. The zero-order valence-electron chi connectivity index (χ0n) is 10.4. The van der Waals surface area contributed by atoms with Crippen LogP contribution in [-0.4, -0.2) is 29.8 Å². The lowest BCUT2D eigenvalue weighted by molar-refractivity contribution is -0.143. The second-order valence-corrected chi connectivity index (χ2v) is 5.21. The summed E-state index contributed by atoms with van der Waals surface area (Å²) in [5, 5.41) is 12.7. The molecule has 0 saturated carbocycles. The highest BCUT2D eigenvalue weighted by Gasteiger charge is 2.41. The Bertz CT molecular complexity index is 460. The average Bonchev–Trinajstić information content (AvgIpc) is 2.22. The summed E-state index contributed by atoms with van der Waals surface area (Å²) in [6.07, 6.45) is 0.000716. The SMILES string of the molecule is Cc1cc(OC2(CC(=O)O)CNC2)cc(C)c1Cl. The fraction of sp³-hybridized carbons (Fsp3) is 0.462. The van der Waals surface area contributed by atoms with E-state index >= 15 is 0 Å². The smallest absolute Gasteiger partial charge is 0.307 e. The first-order chi connectivity index (χ1) is 8.42. The molecule has 2 N–H and O–H groups in total. The van der Waals surface area contributed by atoms with Gasteiger partial charge in [-0.15, -0.1) is 0 Å². The van der Waals surface area contributed by atoms with Crippen molar-refractivity contribution in [1.82, 2.24) is 5.32 Å². The van der Waals surface area contributed by atoms with Crippen LogP contribution in [0, 0.1) is 13.8 Å². The van der Waals surface area contributed by atoms with Gasteiger partial charge in [-0.05, 0) is 37.1 Å². The summed E-state index contributed by atoms with van der Waals surface area (Å²) < 4.78 is 5.86. The maximum Gasteiger partial charge on any atom is 0.307 e. The maximum absolute atomic E-state index is 10.9. The van der Waals surface area contributed by atoms with E-state index in [2.05, 4.69) is 5.32 Å². The lowest BCUT2D eigenvalue weighted by Crippen LogP contribution is -2.64. The van der Waals surface area contributed by atoms with Crippen LogP contribution in [0.5, 0.6) is 5.75 Å². The van der Waals surface area contributed by atoms with Crippen molar-refractivity contribution in [3.63, 3.8) is 0 Å². The Morgan fingerprint density at radius 2 is 2.00 bits per heavy atom. The van der Waals surface area contributed by atoms with Crippen molar-refractivity contribution in [2.24, 2.45) is 0 Å². The number of hydrogen-bond donors (Lipinski definition) is 2. The van der Waals surface area contributed by atoms with E-state index in [9.17, 15) is 4.79 Å². The van der Waals surface area contributed by atoms with E-state index in [1.54, 1.807) is 0 Å². The van der Waals surface area contributed by atoms with Gasteiger partial charge in [-0.25, -0.2) is 0 Å². The van der Waals surface area contributed by atoms with E-state index in [-0.39, 0.29) is 6.42 Å². The van der Waals surface area contributed by atoms with Gasteiger partial charge in [0.2, 0.25) is 0 Å². The predicted octanol–water partition coefficient (Wildman–Crippen LogP) is 2.15. The summed E-state index contributed by atoms with van der Waals surface area (Å²) in [5.41, 5.74) is 1.24. The van der Waals surface area contributed by atoms with Crippen molar-refractivity contribution in [3.05, 3.63) is 28.3 Å². The predicted molar refractivity (Wildman–Crippen MR) is 69.4 cm³/mol. The molecule has 1 aromatic carbocycles. The molecule has 1 heterocycles. The van der Waals surface area contributed by atoms with Gasteiger partial charge in [0.25, 0.3) is 0 Å². The fourth-order valence-corrected chi connectivity index (χ4v) is 2.24. The Balaban J connectivity index is 2.20. The van der Waals surface area contributed by atoms with Crippen molar-refractivity contribution in [2.45, 2.75) is 25.9 Å². The van der Waals surface area contributed by atoms with Gasteiger partial charge in [-0.3, -0.25) is 4.79 Å². The molecule has 0 spiro atoms. The first-order valence-electron chi connectivity index (χ1n) is 5.80. The van der Waals surface area contributed by atoms with Crippen LogP contribution in [0.15, 0.2) is 12.1 Å². The minimum absolute atomic E-state index is 0.000716. The van der Waals surface area contributed by atoms with Crippen LogP contribution in [-0.2, 0) is 4.79 Å². The number of benzene rings is 1. The minimum atomic E-state index is -0.848. The molecule has 0 bridgehead atoms. The number of nitrogens with one attached hydrogen (secondary N) is 1. The highest BCUT2D eigenvalue weighted by atomic mass is 35.5. The highest BCUT2D eigenvalue weighted by molar-refractivity contribution is 6.32. The van der Waals surface area contributed by atoms with Gasteiger partial charge in [0, 0.05) is 18.1 Å². The average molecular weight is 270 g/mol. The summed E-state index contributed by atoms with van der Waals surface area (Å²) >= 11 is 6.09. The number of rotatable bonds is 4. The van der Waals surface area contributed by atoms with E-state index in [4.69, 9.17) is 21.4 Å². The van der Waals surface area contributed by atoms with Crippen LogP contribution >= 0.6 is 11.6 Å². The van der Waals surface area contributed by atoms with Crippen LogP contribution in [0.2, 0.25) is 5.02 Å². The van der Waals surface area contributed by atoms with E-state index in [1.165, 1.54) is 0 Å². The summed E-state index contributed by atoms with van der Waals surface area (Å²) in [5.74, 6) is -0.170. The quantitative estimate of drug-likeness (QED) is 0.879. The summed E-state index contributed by atoms with van der Waals surface area (Å²) in [6, 6.07) is 3.69. The molecule has 0 unspecified atom stereocenters. The Hall–Kier alpha value is -1.26. The lowest BCUT2D eigenvalue weighted by atomic mass is 9.92. The largest absolute Gasteiger partial charge is 0.484 e. The molecule has 0 aliphatic carbocycles. The van der Waals surface area contributed by atoms with Gasteiger partial charge in [-0.1, -0.05) is 11.6 Å². The van der Waals surface area contributed by atoms with E-state index in [0.717, 1.165) is 16.1 Å². The van der Waals surface area contributed by atoms with E-state index in [1.807, 2.05) is 26.0 Å². The molecule has 0 amide bonds. The second-order valence-electron chi connectivity index (χ2n) is 4.83. The number of carboxylic acid groups (broad SMARTS) is 1. The standard InChI is InChI=1S/C13H16ClNO3/c1-8-3-10(4-9(2)12(8)14)18-13(5-11(16)17)6-15-7-13/h3-4,15H,5-7H2,1-2H3,(H,16,17). The molecule has 5 heteroatoms. The third-order valence-electron chi connectivity index (χ3n) is 3.11. The monoisotopic (exact) mass is 269 g/mol. The van der Waals surface area contributed by atoms with E-state index in [0.29, 0.717) is 18.8 Å². The molecule has 2 rings (SSSR count). The Morgan fingerprint density at radius 1 is 1.44 bits per heavy atom. The first kappa shape index (κ1) is 13.2. The van der Waals surface area contributed by atoms with Crippen LogP contribution < -0.4 is 10.1 Å². The topological polar surface area (TPSA) is 58.6 Å². The minimum Gasteiger partial charge on any atom is -0.484 e. The number of carbonyl (C=O) groups is 1. The fourth-order valence-electron chi connectivity index (χ4n) is 2.13. The molecule has 98 valence electrons. The zero-order valence-corrected chi connectivity index (χ0v) is 11.2. The van der Waals surface area contributed by atoms with Crippen LogP contribution in [0.1, 0.15) is 17.5 Å².